The van der Waals surface area contributed by atoms with Crippen LogP contribution in [-0.2, 0) is 9.53 Å². The molecule has 0 aromatic rings. The maximum absolute atomic E-state index is 11.0. The Morgan fingerprint density at radius 3 is 2.44 bits per heavy atom. The second-order valence-electron chi connectivity index (χ2n) is 4.43. The van der Waals surface area contributed by atoms with Crippen molar-refractivity contribution in [2.45, 2.75) is 65.4 Å². The fraction of sp³-hybridized carbons (Fsp3) is 0.923. The molecule has 0 heterocycles. The van der Waals surface area contributed by atoms with Gasteiger partial charge in [0, 0.05) is 0 Å². The zero-order valence-electron chi connectivity index (χ0n) is 10.8. The maximum Gasteiger partial charge on any atom is 0.321 e. The molecule has 0 aromatic heterocycles. The first-order valence-electron chi connectivity index (χ1n) is 6.39. The third kappa shape index (κ3) is 7.98. The van der Waals surface area contributed by atoms with Crippen molar-refractivity contribution in [1.82, 2.24) is 0 Å². The number of alkyl halides is 1. The molecule has 0 bridgehead atoms. The van der Waals surface area contributed by atoms with E-state index in [1.807, 2.05) is 6.92 Å². The average molecular weight is 249 g/mol. The summed E-state index contributed by atoms with van der Waals surface area (Å²) in [5.74, 6) is 0.421. The third-order valence-corrected chi connectivity index (χ3v) is 3.18. The molecule has 0 aliphatic carbocycles. The molecular formula is C13H25ClO2. The number of carbonyl (C=O) groups is 1. The molecule has 0 aromatic carbocycles. The highest BCUT2D eigenvalue weighted by atomic mass is 35.5. The molecule has 2 nitrogen and oxygen atoms in total. The Kier molecular flexibility index (Phi) is 9.80. The second-order valence-corrected chi connectivity index (χ2v) is 4.70. The number of esters is 1. The maximum atomic E-state index is 11.0. The van der Waals surface area contributed by atoms with Gasteiger partial charge in [-0.2, -0.15) is 0 Å². The molecule has 0 unspecified atom stereocenters. The monoisotopic (exact) mass is 248 g/mol. The van der Waals surface area contributed by atoms with Crippen molar-refractivity contribution in [3.05, 3.63) is 0 Å². The van der Waals surface area contributed by atoms with E-state index in [1.165, 1.54) is 25.7 Å². The van der Waals surface area contributed by atoms with E-state index in [0.29, 0.717) is 0 Å². The molecule has 0 N–H and O–H groups in total. The number of rotatable bonds is 9. The van der Waals surface area contributed by atoms with Gasteiger partial charge in [-0.3, -0.25) is 4.79 Å². The summed E-state index contributed by atoms with van der Waals surface area (Å²) in [6.45, 7) is 6.39. The molecule has 0 fully saturated rings. The summed E-state index contributed by atoms with van der Waals surface area (Å²) >= 11 is 5.38. The summed E-state index contributed by atoms with van der Waals surface area (Å²) < 4.78 is 5.13. The van der Waals surface area contributed by atoms with Gasteiger partial charge in [0.15, 0.2) is 0 Å². The minimum Gasteiger partial charge on any atom is -0.462 e. The van der Waals surface area contributed by atoms with Gasteiger partial charge in [0.1, 0.15) is 5.88 Å². The molecule has 0 aliphatic heterocycles. The first-order valence-corrected chi connectivity index (χ1v) is 6.92. The van der Waals surface area contributed by atoms with Crippen LogP contribution in [0.1, 0.15) is 59.3 Å². The van der Waals surface area contributed by atoms with Gasteiger partial charge in [-0.25, -0.2) is 0 Å². The highest BCUT2D eigenvalue weighted by Crippen LogP contribution is 2.20. The molecule has 0 radical (unpaired) electrons. The number of carbonyl (C=O) groups excluding carboxylic acids is 1. The average Bonchev–Trinajstić information content (AvgIpc) is 2.29. The van der Waals surface area contributed by atoms with Gasteiger partial charge in [-0.1, -0.05) is 39.5 Å². The van der Waals surface area contributed by atoms with E-state index in [4.69, 9.17) is 16.3 Å². The molecule has 0 aliphatic rings. The van der Waals surface area contributed by atoms with Crippen LogP contribution in [-0.4, -0.2) is 18.0 Å². The predicted molar refractivity (Wildman–Crippen MR) is 68.8 cm³/mol. The van der Waals surface area contributed by atoms with E-state index in [1.54, 1.807) is 0 Å². The Bertz CT molecular complexity index is 183. The second kappa shape index (κ2) is 9.95. The molecular weight excluding hydrogens is 224 g/mol. The Morgan fingerprint density at radius 1 is 1.25 bits per heavy atom. The molecule has 0 spiro atoms. The van der Waals surface area contributed by atoms with Crippen LogP contribution < -0.4 is 0 Å². The zero-order chi connectivity index (χ0) is 12.4. The number of halogens is 1. The van der Waals surface area contributed by atoms with Gasteiger partial charge >= 0.3 is 5.97 Å². The van der Waals surface area contributed by atoms with Crippen LogP contribution in [0.2, 0.25) is 0 Å². The highest BCUT2D eigenvalue weighted by molar-refractivity contribution is 6.26. The third-order valence-electron chi connectivity index (χ3n) is 2.97. The van der Waals surface area contributed by atoms with Gasteiger partial charge in [0.2, 0.25) is 0 Å². The molecule has 3 heteroatoms. The summed E-state index contributed by atoms with van der Waals surface area (Å²) in [5, 5.41) is 0. The van der Waals surface area contributed by atoms with E-state index < -0.39 is 0 Å². The lowest BCUT2D eigenvalue weighted by atomic mass is 9.93. The van der Waals surface area contributed by atoms with Crippen molar-refractivity contribution in [3.63, 3.8) is 0 Å². The van der Waals surface area contributed by atoms with Crippen LogP contribution >= 0.6 is 11.6 Å². The fourth-order valence-corrected chi connectivity index (χ4v) is 1.89. The molecule has 2 atom stereocenters. The van der Waals surface area contributed by atoms with E-state index in [9.17, 15) is 4.79 Å². The van der Waals surface area contributed by atoms with Crippen LogP contribution in [0.3, 0.4) is 0 Å². The van der Waals surface area contributed by atoms with E-state index >= 15 is 0 Å². The summed E-state index contributed by atoms with van der Waals surface area (Å²) in [5.41, 5.74) is 0. The fourth-order valence-electron chi connectivity index (χ4n) is 1.83. The Hall–Kier alpha value is -0.240. The lowest BCUT2D eigenvalue weighted by molar-refractivity contribution is -0.145. The lowest BCUT2D eigenvalue weighted by Crippen LogP contribution is -2.17. The summed E-state index contributed by atoms with van der Waals surface area (Å²) in [6.07, 6.45) is 7.17. The van der Waals surface area contributed by atoms with Crippen molar-refractivity contribution in [3.8, 4) is 0 Å². The van der Waals surface area contributed by atoms with E-state index in [2.05, 4.69) is 13.8 Å². The minimum absolute atomic E-state index is 0.00178. The standard InChI is InChI=1S/C13H25ClO2/c1-4-6-7-12(5-2)9-8-11(3)16-13(15)10-14/h11-12H,4-10H2,1-3H3/t11-,12-/m1/s1. The first kappa shape index (κ1) is 15.8. The van der Waals surface area contributed by atoms with Crippen LogP contribution in [0.15, 0.2) is 0 Å². The zero-order valence-corrected chi connectivity index (χ0v) is 11.6. The van der Waals surface area contributed by atoms with Crippen molar-refractivity contribution in [1.29, 1.82) is 0 Å². The van der Waals surface area contributed by atoms with Crippen LogP contribution in [0, 0.1) is 5.92 Å². The Morgan fingerprint density at radius 2 is 1.94 bits per heavy atom. The number of unbranched alkanes of at least 4 members (excludes halogenated alkanes) is 1. The van der Waals surface area contributed by atoms with Gasteiger partial charge in [-0.15, -0.1) is 11.6 Å². The summed E-state index contributed by atoms with van der Waals surface area (Å²) in [4.78, 5) is 11.0. The SMILES string of the molecule is CCCC[C@@H](CC)CC[C@@H](C)OC(=O)CCl. The number of hydrogen-bond acceptors (Lipinski definition) is 2. The first-order chi connectivity index (χ1) is 7.63. The number of hydrogen-bond donors (Lipinski definition) is 0. The molecule has 0 amide bonds. The largest absolute Gasteiger partial charge is 0.462 e. The highest BCUT2D eigenvalue weighted by Gasteiger charge is 2.11. The van der Waals surface area contributed by atoms with Crippen LogP contribution in [0.25, 0.3) is 0 Å². The normalized spacial score (nSPS) is 14.5. The number of ether oxygens (including phenoxy) is 1. The smallest absolute Gasteiger partial charge is 0.321 e. The van der Waals surface area contributed by atoms with Crippen molar-refractivity contribution < 1.29 is 9.53 Å². The Labute approximate surface area is 105 Å². The van der Waals surface area contributed by atoms with Crippen molar-refractivity contribution >= 4 is 17.6 Å². The lowest BCUT2D eigenvalue weighted by Gasteiger charge is -2.17. The van der Waals surface area contributed by atoms with Crippen molar-refractivity contribution in [2.24, 2.45) is 5.92 Å². The molecule has 16 heavy (non-hydrogen) atoms. The molecule has 0 saturated carbocycles. The molecule has 96 valence electrons. The summed E-state index contributed by atoms with van der Waals surface area (Å²) in [6, 6.07) is 0. The molecule has 0 saturated heterocycles. The Balaban J connectivity index is 3.69. The van der Waals surface area contributed by atoms with Crippen molar-refractivity contribution in [2.75, 3.05) is 5.88 Å². The topological polar surface area (TPSA) is 26.3 Å². The quantitative estimate of drug-likeness (QED) is 0.453. The van der Waals surface area contributed by atoms with Gasteiger partial charge in [-0.05, 0) is 25.7 Å². The molecule has 0 rings (SSSR count). The van der Waals surface area contributed by atoms with Gasteiger partial charge in [0.25, 0.3) is 0 Å². The van der Waals surface area contributed by atoms with Gasteiger partial charge in [0.05, 0.1) is 6.10 Å². The van der Waals surface area contributed by atoms with Crippen LogP contribution in [0.5, 0.6) is 0 Å². The predicted octanol–water partition coefficient (Wildman–Crippen LogP) is 4.15. The van der Waals surface area contributed by atoms with Crippen LogP contribution in [0.4, 0.5) is 0 Å². The minimum atomic E-state index is -0.309. The van der Waals surface area contributed by atoms with Gasteiger partial charge < -0.3 is 4.74 Å². The summed E-state index contributed by atoms with van der Waals surface area (Å²) in [7, 11) is 0. The van der Waals surface area contributed by atoms with E-state index in [-0.39, 0.29) is 18.0 Å². The van der Waals surface area contributed by atoms with E-state index in [0.717, 1.165) is 18.8 Å².